The molecule has 12 aromatic rings. The Hall–Kier alpha value is -9.40. The molecule has 78 heavy (non-hydrogen) atoms. The van der Waals surface area contributed by atoms with Crippen molar-refractivity contribution in [2.75, 3.05) is 9.80 Å². The largest absolute Gasteiger partial charge is 0.458 e. The van der Waals surface area contributed by atoms with E-state index in [9.17, 15) is 0 Å². The van der Waals surface area contributed by atoms with Gasteiger partial charge < -0.3 is 14.5 Å². The summed E-state index contributed by atoms with van der Waals surface area (Å²) in [7, 11) is 0. The zero-order valence-electron chi connectivity index (χ0n) is 44.7. The van der Waals surface area contributed by atoms with Gasteiger partial charge in [-0.2, -0.15) is 0 Å². The van der Waals surface area contributed by atoms with Crippen LogP contribution in [0.5, 0.6) is 11.5 Å². The van der Waals surface area contributed by atoms with Gasteiger partial charge in [0.2, 0.25) is 0 Å². The van der Waals surface area contributed by atoms with Gasteiger partial charge in [-0.05, 0) is 165 Å². The number of nitrogens with zero attached hydrogens (tertiary/aromatic N) is 6. The molecule has 0 amide bonds. The zero-order chi connectivity index (χ0) is 52.9. The van der Waals surface area contributed by atoms with Crippen LogP contribution in [0.2, 0.25) is 0 Å². The Labute approximate surface area is 456 Å². The molecule has 14 rings (SSSR count). The summed E-state index contributed by atoms with van der Waals surface area (Å²) in [5.41, 5.74) is 19.6. The quantitative estimate of drug-likeness (QED) is 0.0864. The second kappa shape index (κ2) is 18.1. The molecule has 0 aliphatic carbocycles. The number of imidazole rings is 1. The van der Waals surface area contributed by atoms with Crippen LogP contribution in [0.1, 0.15) is 52.7 Å². The van der Waals surface area contributed by atoms with Gasteiger partial charge in [-0.3, -0.25) is 13.7 Å². The van der Waals surface area contributed by atoms with Gasteiger partial charge in [0.1, 0.15) is 17.3 Å². The summed E-state index contributed by atoms with van der Waals surface area (Å²) in [5.74, 6) is 2.32. The standard InChI is InChI=1S/C70H57BN6O/c1-69(2,3)49-19-17-24-53(42-49)73-37-38-74(46-73)54-25-18-26-55(44-54)78-56-32-33-57-58-39-47(31-34-61(58)77(64(57)45-56)67-43-50(35-36-72-67)70(4,5)6)48-40-65-68-66(41-48)76(52-22-11-8-12-23-52)63-30-16-14-28-60(63)71(68)59-27-13-15-29-62(59)75(65)51-20-9-7-10-21-51/h7-45H,1-6H3. The lowest BCUT2D eigenvalue weighted by Gasteiger charge is -2.44. The van der Waals surface area contributed by atoms with Gasteiger partial charge in [0.15, 0.2) is 0 Å². The third-order valence-corrected chi connectivity index (χ3v) is 15.7. The molecule has 2 aliphatic rings. The molecule has 0 saturated carbocycles. The summed E-state index contributed by atoms with van der Waals surface area (Å²) < 4.78 is 13.2. The van der Waals surface area contributed by atoms with E-state index in [1.807, 2.05) is 39.9 Å². The van der Waals surface area contributed by atoms with E-state index >= 15 is 0 Å². The Bertz CT molecular complexity index is 4190. The average Bonchev–Trinajstić information content (AvgIpc) is 3.70. The molecule has 0 fully saturated rings. The summed E-state index contributed by atoms with van der Waals surface area (Å²) in [6.45, 7) is 13.5. The Kier molecular flexibility index (Phi) is 10.9. The highest BCUT2D eigenvalue weighted by Gasteiger charge is 2.43. The van der Waals surface area contributed by atoms with Crippen LogP contribution in [0.25, 0.3) is 50.1 Å². The topological polar surface area (TPSA) is 42.3 Å². The van der Waals surface area contributed by atoms with Crippen LogP contribution in [0.3, 0.4) is 0 Å². The van der Waals surface area contributed by atoms with Crippen molar-refractivity contribution in [1.82, 2.24) is 14.1 Å². The minimum absolute atomic E-state index is 0.0352. The fraction of sp³-hybridized carbons (Fsp3) is 0.114. The first-order chi connectivity index (χ1) is 37.9. The number of ether oxygens (including phenoxy) is 1. The SMILES string of the molecule is CC(C)(C)c1cccc(-[n+]2[c-]n(-c3cccc(Oc4ccc5c6cc(-c7cc8c9c(c7)N(c7ccccc7)c7ccccc7B9c7ccccc7N8c7ccccc7)ccc6n(-c6cc(C(C)(C)C)ccn6)c5c4)c3)cc2)c1. The first-order valence-corrected chi connectivity index (χ1v) is 27.0. The normalized spacial score (nSPS) is 12.9. The molecular weight excluding hydrogens is 952 g/mol. The molecular formula is C70H57BN6O. The van der Waals surface area contributed by atoms with Gasteiger partial charge >= 0.3 is 0 Å². The molecule has 8 heteroatoms. The molecule has 0 N–H and O–H groups in total. The third-order valence-electron chi connectivity index (χ3n) is 15.7. The molecule has 7 nitrogen and oxygen atoms in total. The van der Waals surface area contributed by atoms with Gasteiger partial charge in [0.25, 0.3) is 13.0 Å². The highest BCUT2D eigenvalue weighted by Crippen LogP contribution is 2.47. The number of benzene rings is 9. The van der Waals surface area contributed by atoms with Crippen LogP contribution in [-0.4, -0.2) is 20.8 Å². The minimum Gasteiger partial charge on any atom is -0.458 e. The van der Waals surface area contributed by atoms with Crippen molar-refractivity contribution >= 4 is 79.0 Å². The maximum absolute atomic E-state index is 6.81. The third kappa shape index (κ3) is 7.97. The molecule has 0 unspecified atom stereocenters. The number of anilines is 6. The van der Waals surface area contributed by atoms with Crippen molar-refractivity contribution < 1.29 is 9.30 Å². The summed E-state index contributed by atoms with van der Waals surface area (Å²) in [6.07, 6.45) is 9.55. The van der Waals surface area contributed by atoms with Crippen LogP contribution >= 0.6 is 0 Å². The number of aromatic nitrogens is 4. The van der Waals surface area contributed by atoms with Crippen molar-refractivity contribution in [2.45, 2.75) is 52.4 Å². The highest BCUT2D eigenvalue weighted by atomic mass is 16.5. The molecule has 3 aromatic heterocycles. The molecule has 9 aromatic carbocycles. The van der Waals surface area contributed by atoms with Crippen molar-refractivity contribution in [1.29, 1.82) is 0 Å². The first kappa shape index (κ1) is 47.1. The lowest BCUT2D eigenvalue weighted by Crippen LogP contribution is -2.61. The molecule has 0 spiro atoms. The van der Waals surface area contributed by atoms with Gasteiger partial charge in [-0.25, -0.2) is 4.98 Å². The number of rotatable bonds is 8. The van der Waals surface area contributed by atoms with Gasteiger partial charge in [0, 0.05) is 69.6 Å². The van der Waals surface area contributed by atoms with Gasteiger partial charge in [-0.15, -0.1) is 0 Å². The lowest BCUT2D eigenvalue weighted by molar-refractivity contribution is -0.599. The number of para-hydroxylation sites is 4. The van der Waals surface area contributed by atoms with E-state index in [2.05, 4.69) is 268 Å². The number of pyridine rings is 1. The summed E-state index contributed by atoms with van der Waals surface area (Å²) in [4.78, 5) is 10.0. The van der Waals surface area contributed by atoms with E-state index in [0.717, 1.165) is 73.0 Å². The molecule has 0 bridgehead atoms. The summed E-state index contributed by atoms with van der Waals surface area (Å²) in [6, 6.07) is 79.1. The van der Waals surface area contributed by atoms with E-state index in [0.29, 0.717) is 0 Å². The number of hydrogen-bond donors (Lipinski definition) is 0. The van der Waals surface area contributed by atoms with E-state index in [4.69, 9.17) is 9.72 Å². The van der Waals surface area contributed by atoms with E-state index in [1.165, 1.54) is 50.3 Å². The second-order valence-corrected chi connectivity index (χ2v) is 22.8. The monoisotopic (exact) mass is 1010 g/mol. The first-order valence-electron chi connectivity index (χ1n) is 27.0. The van der Waals surface area contributed by atoms with Crippen molar-refractivity contribution in [3.8, 4) is 39.8 Å². The molecule has 0 radical (unpaired) electrons. The predicted octanol–water partition coefficient (Wildman–Crippen LogP) is 15.2. The number of fused-ring (bicyclic) bond motifs is 7. The van der Waals surface area contributed by atoms with Crippen molar-refractivity contribution in [2.24, 2.45) is 0 Å². The fourth-order valence-electron chi connectivity index (χ4n) is 11.8. The lowest BCUT2D eigenvalue weighted by atomic mass is 9.33. The van der Waals surface area contributed by atoms with Crippen LogP contribution in [0.15, 0.2) is 237 Å². The Morgan fingerprint density at radius 3 is 1.77 bits per heavy atom. The molecule has 2 aliphatic heterocycles. The Balaban J connectivity index is 0.918. The molecule has 376 valence electrons. The molecule has 5 heterocycles. The Morgan fingerprint density at radius 1 is 0.474 bits per heavy atom. The highest BCUT2D eigenvalue weighted by molar-refractivity contribution is 7.00. The van der Waals surface area contributed by atoms with E-state index in [1.54, 1.807) is 0 Å². The predicted molar refractivity (Wildman–Crippen MR) is 322 cm³/mol. The number of hydrogen-bond acceptors (Lipinski definition) is 4. The van der Waals surface area contributed by atoms with Crippen molar-refractivity contribution in [3.05, 3.63) is 254 Å². The van der Waals surface area contributed by atoms with E-state index in [-0.39, 0.29) is 17.5 Å². The Morgan fingerprint density at radius 2 is 1.09 bits per heavy atom. The minimum atomic E-state index is -0.0795. The smallest absolute Gasteiger partial charge is 0.268 e. The van der Waals surface area contributed by atoms with Crippen LogP contribution < -0.4 is 35.5 Å². The summed E-state index contributed by atoms with van der Waals surface area (Å²) >= 11 is 0. The summed E-state index contributed by atoms with van der Waals surface area (Å²) in [5, 5.41) is 2.24. The molecule has 0 atom stereocenters. The van der Waals surface area contributed by atoms with Crippen molar-refractivity contribution in [3.63, 3.8) is 0 Å². The van der Waals surface area contributed by atoms with Crippen LogP contribution in [0.4, 0.5) is 34.1 Å². The van der Waals surface area contributed by atoms with Gasteiger partial charge in [-0.1, -0.05) is 139 Å². The zero-order valence-corrected chi connectivity index (χ0v) is 44.7. The average molecular weight is 1010 g/mol. The molecule has 0 saturated heterocycles. The van der Waals surface area contributed by atoms with E-state index < -0.39 is 0 Å². The second-order valence-electron chi connectivity index (χ2n) is 22.8. The maximum atomic E-state index is 6.81. The van der Waals surface area contributed by atoms with Gasteiger partial charge in [0.05, 0.1) is 22.4 Å². The van der Waals surface area contributed by atoms with Crippen LogP contribution in [0, 0.1) is 6.33 Å². The maximum Gasteiger partial charge on any atom is 0.268 e. The fourth-order valence-corrected chi connectivity index (χ4v) is 11.8. The van der Waals surface area contributed by atoms with Crippen LogP contribution in [-0.2, 0) is 10.8 Å².